The minimum absolute atomic E-state index is 0.0754. The molecule has 61 heavy (non-hydrogen) atoms. The molecule has 20 heteroatoms. The lowest BCUT2D eigenvalue weighted by Gasteiger charge is -2.31. The quantitative estimate of drug-likeness (QED) is 0.0383. The molecule has 0 radical (unpaired) electrons. The first-order chi connectivity index (χ1) is 29.4. The molecule has 0 unspecified atom stereocenters. The fourth-order valence-electron chi connectivity index (χ4n) is 3.90. The van der Waals surface area contributed by atoms with Crippen LogP contribution < -0.4 is 0 Å². The third-order valence-electron chi connectivity index (χ3n) is 7.03. The first-order valence-electron chi connectivity index (χ1n) is 18.7. The van der Waals surface area contributed by atoms with Crippen LogP contribution in [0.25, 0.3) is 0 Å². The Labute approximate surface area is 374 Å². The molecule has 0 aliphatic rings. The fraction of sp³-hybridized carbons (Fsp3) is 0.610. The Hall–Kier alpha value is -4.60. The number of hydrogen-bond acceptors (Lipinski definition) is 20. The summed E-state index contributed by atoms with van der Waals surface area (Å²) in [5.74, 6) is 6.80. The molecule has 0 N–H and O–H groups in total. The average Bonchev–Trinajstić information content (AvgIpc) is 3.24. The van der Waals surface area contributed by atoms with Gasteiger partial charge in [-0.2, -0.15) is 47.0 Å². The van der Waals surface area contributed by atoms with Crippen molar-refractivity contribution in [2.24, 2.45) is 5.41 Å². The normalized spacial score (nSPS) is 10.3. The van der Waals surface area contributed by atoms with E-state index in [1.807, 2.05) is 0 Å². The lowest BCUT2D eigenvalue weighted by atomic mass is 9.92. The zero-order chi connectivity index (χ0) is 45.4. The molecular weight excluding hydrogens is 877 g/mol. The van der Waals surface area contributed by atoms with Gasteiger partial charge in [0.15, 0.2) is 26.4 Å². The maximum Gasteiger partial charge on any atom is 0.307 e. The van der Waals surface area contributed by atoms with E-state index < -0.39 is 79.6 Å². The molecule has 0 aromatic heterocycles. The molecule has 0 aromatic carbocycles. The Bertz CT molecular complexity index is 1330. The minimum Gasteiger partial charge on any atom is -0.465 e. The van der Waals surface area contributed by atoms with Gasteiger partial charge >= 0.3 is 47.8 Å². The molecule has 0 heterocycles. The van der Waals surface area contributed by atoms with E-state index in [-0.39, 0.29) is 101 Å². The van der Waals surface area contributed by atoms with Gasteiger partial charge in [0.1, 0.15) is 31.8 Å². The number of esters is 8. The second-order valence-electron chi connectivity index (χ2n) is 12.1. The summed E-state index contributed by atoms with van der Waals surface area (Å²) in [4.78, 5) is 98.1. The number of hydrogen-bond donors (Lipinski definition) is 0. The van der Waals surface area contributed by atoms with Gasteiger partial charge in [0, 0.05) is 46.0 Å². The van der Waals surface area contributed by atoms with E-state index in [9.17, 15) is 38.4 Å². The van der Waals surface area contributed by atoms with Crippen LogP contribution >= 0.6 is 47.0 Å². The highest BCUT2D eigenvalue weighted by Gasteiger charge is 2.38. The van der Waals surface area contributed by atoms with Crippen LogP contribution in [-0.2, 0) is 76.3 Å². The van der Waals surface area contributed by atoms with E-state index in [0.29, 0.717) is 23.0 Å². The molecule has 0 atom stereocenters. The van der Waals surface area contributed by atoms with Crippen molar-refractivity contribution in [2.75, 3.05) is 98.9 Å². The van der Waals surface area contributed by atoms with E-state index >= 15 is 0 Å². The van der Waals surface area contributed by atoms with Crippen molar-refractivity contribution in [3.05, 3.63) is 0 Å². The topological polar surface area (TPSA) is 210 Å². The monoisotopic (exact) mass is 928 g/mol. The van der Waals surface area contributed by atoms with Crippen LogP contribution in [-0.4, -0.2) is 147 Å². The predicted octanol–water partition coefficient (Wildman–Crippen LogP) is 2.90. The molecule has 0 aliphatic heterocycles. The molecule has 0 saturated carbocycles. The van der Waals surface area contributed by atoms with Crippen LogP contribution in [0.3, 0.4) is 0 Å². The highest BCUT2D eigenvalue weighted by molar-refractivity contribution is 7.99. The van der Waals surface area contributed by atoms with Crippen LogP contribution in [0.1, 0.15) is 51.4 Å². The van der Waals surface area contributed by atoms with Gasteiger partial charge in [-0.15, -0.1) is 25.7 Å². The number of carbonyl (C=O) groups is 8. The first kappa shape index (κ1) is 56.4. The lowest BCUT2D eigenvalue weighted by molar-refractivity contribution is -0.170. The van der Waals surface area contributed by atoms with Gasteiger partial charge in [0.05, 0.1) is 51.4 Å². The Morgan fingerprint density at radius 3 is 0.639 bits per heavy atom. The van der Waals surface area contributed by atoms with Crippen LogP contribution in [0.5, 0.6) is 0 Å². The number of terminal acetylenes is 4. The zero-order valence-corrected chi connectivity index (χ0v) is 37.2. The highest BCUT2D eigenvalue weighted by atomic mass is 32.2. The molecule has 0 amide bonds. The minimum atomic E-state index is -1.54. The summed E-state index contributed by atoms with van der Waals surface area (Å²) in [6.07, 6.45) is 20.4. The summed E-state index contributed by atoms with van der Waals surface area (Å²) < 4.78 is 41.5. The van der Waals surface area contributed by atoms with Gasteiger partial charge in [-0.05, 0) is 0 Å². The Kier molecular flexibility index (Phi) is 35.4. The van der Waals surface area contributed by atoms with Gasteiger partial charge in [-0.1, -0.05) is 23.7 Å². The van der Waals surface area contributed by atoms with Crippen LogP contribution in [0.4, 0.5) is 0 Å². The van der Waals surface area contributed by atoms with Gasteiger partial charge in [0.2, 0.25) is 0 Å². The summed E-state index contributed by atoms with van der Waals surface area (Å²) in [5, 5.41) is 0. The van der Waals surface area contributed by atoms with E-state index in [0.717, 1.165) is 0 Å². The van der Waals surface area contributed by atoms with Crippen molar-refractivity contribution in [1.29, 1.82) is 0 Å². The molecule has 16 nitrogen and oxygen atoms in total. The van der Waals surface area contributed by atoms with E-state index in [1.165, 1.54) is 47.0 Å². The van der Waals surface area contributed by atoms with Crippen LogP contribution in [0.15, 0.2) is 0 Å². The van der Waals surface area contributed by atoms with E-state index in [2.05, 4.69) is 23.7 Å². The van der Waals surface area contributed by atoms with Crippen molar-refractivity contribution in [1.82, 2.24) is 0 Å². The van der Waals surface area contributed by atoms with Gasteiger partial charge in [-0.3, -0.25) is 38.4 Å². The Balaban J connectivity index is 5.71. The summed E-state index contributed by atoms with van der Waals surface area (Å²) in [5.41, 5.74) is -1.54. The largest absolute Gasteiger partial charge is 0.465 e. The number of carbonyl (C=O) groups excluding carboxylic acids is 8. The summed E-state index contributed by atoms with van der Waals surface area (Å²) >= 11 is 5.20. The average molecular weight is 929 g/mol. The molecular formula is C41H52O16S4. The van der Waals surface area contributed by atoms with Crippen molar-refractivity contribution < 1.29 is 76.3 Å². The maximum absolute atomic E-state index is 12.9. The first-order valence-corrected chi connectivity index (χ1v) is 23.3. The second-order valence-corrected chi connectivity index (χ2v) is 17.0. The SMILES string of the molecule is C#CCOC(=O)CCSCCC(=O)OCC(COC(=O)CCSCCC(=O)OCC#C)(COC(=O)CCSCCC(=O)OCC#C)COC(=O)CCSCCC(=O)OCC#C. The second kappa shape index (κ2) is 38.3. The molecule has 0 saturated heterocycles. The molecule has 0 spiro atoms. The van der Waals surface area contributed by atoms with Gasteiger partial charge in [-0.25, -0.2) is 0 Å². The molecule has 336 valence electrons. The standard InChI is InChI=1S/C41H52O16S4/c1-5-17-50-33(42)9-21-58-25-13-37(46)54-29-41(30-55-38(47)14-26-59-22-10-34(43)51-18-6-2,31-56-39(48)15-27-60-23-11-35(44)52-19-7-3)32-57-40(49)16-28-61-24-12-36(45)53-20-8-4/h1-4H,9-32H2. The molecule has 0 aliphatic carbocycles. The molecule has 0 bridgehead atoms. The van der Waals surface area contributed by atoms with Crippen LogP contribution in [0, 0.1) is 54.8 Å². The number of thioether (sulfide) groups is 4. The smallest absolute Gasteiger partial charge is 0.307 e. The summed E-state index contributed by atoms with van der Waals surface area (Å²) in [6, 6.07) is 0. The maximum atomic E-state index is 12.9. The molecule has 0 rings (SSSR count). The highest BCUT2D eigenvalue weighted by Crippen LogP contribution is 2.23. The number of rotatable bonds is 36. The Morgan fingerprint density at radius 2 is 0.475 bits per heavy atom. The fourth-order valence-corrected chi connectivity index (χ4v) is 7.21. The third-order valence-corrected chi connectivity index (χ3v) is 11.0. The van der Waals surface area contributed by atoms with E-state index in [4.69, 9.17) is 63.6 Å². The van der Waals surface area contributed by atoms with Crippen molar-refractivity contribution >= 4 is 94.8 Å². The third kappa shape index (κ3) is 34.8. The predicted molar refractivity (Wildman–Crippen MR) is 232 cm³/mol. The number of ether oxygens (including phenoxy) is 8. The van der Waals surface area contributed by atoms with Gasteiger partial charge in [0.25, 0.3) is 0 Å². The van der Waals surface area contributed by atoms with Crippen molar-refractivity contribution in [2.45, 2.75) is 51.4 Å². The van der Waals surface area contributed by atoms with Crippen LogP contribution in [0.2, 0.25) is 0 Å². The molecule has 0 aromatic rings. The lowest BCUT2D eigenvalue weighted by Crippen LogP contribution is -2.44. The summed E-state index contributed by atoms with van der Waals surface area (Å²) in [6.45, 7) is -2.50. The molecule has 0 fully saturated rings. The van der Waals surface area contributed by atoms with Gasteiger partial charge < -0.3 is 37.9 Å². The van der Waals surface area contributed by atoms with E-state index in [1.54, 1.807) is 0 Å². The summed E-state index contributed by atoms with van der Waals surface area (Å²) in [7, 11) is 0. The zero-order valence-electron chi connectivity index (χ0n) is 33.9. The Morgan fingerprint density at radius 1 is 0.311 bits per heavy atom. The van der Waals surface area contributed by atoms with Crippen molar-refractivity contribution in [3.8, 4) is 49.4 Å². The van der Waals surface area contributed by atoms with Crippen molar-refractivity contribution in [3.63, 3.8) is 0 Å².